The summed E-state index contributed by atoms with van der Waals surface area (Å²) in [6, 6.07) is 6.34. The summed E-state index contributed by atoms with van der Waals surface area (Å²) in [5.74, 6) is -1.07. The van der Waals surface area contributed by atoms with Gasteiger partial charge in [-0.3, -0.25) is 4.90 Å². The molecular formula is C14H16N2O4. The first kappa shape index (κ1) is 12.9. The van der Waals surface area contributed by atoms with Crippen molar-refractivity contribution in [1.29, 1.82) is 0 Å². The fraction of sp³-hybridized carbons (Fsp3) is 0.429. The zero-order valence-electron chi connectivity index (χ0n) is 10.9. The van der Waals surface area contributed by atoms with Crippen LogP contribution >= 0.6 is 0 Å². The van der Waals surface area contributed by atoms with E-state index in [0.29, 0.717) is 6.54 Å². The third kappa shape index (κ3) is 2.02. The molecule has 1 fully saturated rings. The maximum absolute atomic E-state index is 12.5. The van der Waals surface area contributed by atoms with Crippen LogP contribution in [-0.4, -0.2) is 52.3 Å². The number of carboxylic acids is 1. The van der Waals surface area contributed by atoms with Crippen molar-refractivity contribution in [3.63, 3.8) is 0 Å². The topological polar surface area (TPSA) is 81.1 Å². The summed E-state index contributed by atoms with van der Waals surface area (Å²) < 4.78 is 0. The van der Waals surface area contributed by atoms with E-state index in [1.54, 1.807) is 4.90 Å². The van der Waals surface area contributed by atoms with Crippen molar-refractivity contribution in [2.24, 2.45) is 0 Å². The van der Waals surface area contributed by atoms with E-state index in [-0.39, 0.29) is 19.0 Å². The van der Waals surface area contributed by atoms with Gasteiger partial charge in [0.1, 0.15) is 6.04 Å². The van der Waals surface area contributed by atoms with E-state index in [1.165, 1.54) is 4.90 Å². The molecule has 3 rings (SSSR count). The minimum absolute atomic E-state index is 0.0778. The second-order valence-corrected chi connectivity index (χ2v) is 5.21. The lowest BCUT2D eigenvalue weighted by Crippen LogP contribution is -2.47. The molecule has 2 aliphatic heterocycles. The number of para-hydroxylation sites is 1. The lowest BCUT2D eigenvalue weighted by atomic mass is 10.2. The molecule has 0 aromatic heterocycles. The highest BCUT2D eigenvalue weighted by Gasteiger charge is 2.41. The molecule has 2 atom stereocenters. The van der Waals surface area contributed by atoms with Crippen LogP contribution < -0.4 is 4.90 Å². The second kappa shape index (κ2) is 4.79. The first-order chi connectivity index (χ1) is 9.58. The molecular weight excluding hydrogens is 260 g/mol. The van der Waals surface area contributed by atoms with Gasteiger partial charge in [0.25, 0.3) is 0 Å². The average Bonchev–Trinajstić information content (AvgIpc) is 3.01. The quantitative estimate of drug-likeness (QED) is 0.790. The molecule has 0 aliphatic carbocycles. The molecule has 2 aliphatic rings. The van der Waals surface area contributed by atoms with Crippen molar-refractivity contribution < 1.29 is 19.8 Å². The summed E-state index contributed by atoms with van der Waals surface area (Å²) in [4.78, 5) is 26.6. The van der Waals surface area contributed by atoms with Gasteiger partial charge in [-0.1, -0.05) is 18.2 Å². The zero-order valence-corrected chi connectivity index (χ0v) is 10.9. The van der Waals surface area contributed by atoms with Crippen LogP contribution in [0.5, 0.6) is 0 Å². The Morgan fingerprint density at radius 1 is 1.25 bits per heavy atom. The molecule has 6 nitrogen and oxygen atoms in total. The average molecular weight is 276 g/mol. The number of aliphatic hydroxyl groups is 1. The maximum Gasteiger partial charge on any atom is 0.326 e. The van der Waals surface area contributed by atoms with E-state index in [9.17, 15) is 14.7 Å². The molecule has 2 heterocycles. The predicted molar refractivity (Wildman–Crippen MR) is 71.6 cm³/mol. The maximum atomic E-state index is 12.5. The van der Waals surface area contributed by atoms with E-state index < -0.39 is 18.1 Å². The Balaban J connectivity index is 1.85. The van der Waals surface area contributed by atoms with Crippen LogP contribution in [0.2, 0.25) is 0 Å². The standard InChI is InChI=1S/C14H16N2O4/c17-10-7-12(13(18)19)16(8-10)14(20)15-6-5-9-3-1-2-4-11(9)15/h1-4,10,12,17H,5-8H2,(H,18,19)/t10?,12-/m0/s1. The number of urea groups is 1. The lowest BCUT2D eigenvalue weighted by Gasteiger charge is -2.27. The summed E-state index contributed by atoms with van der Waals surface area (Å²) in [5.41, 5.74) is 1.93. The molecule has 1 aromatic rings. The second-order valence-electron chi connectivity index (χ2n) is 5.21. The van der Waals surface area contributed by atoms with Gasteiger partial charge in [-0.15, -0.1) is 0 Å². The molecule has 1 unspecified atom stereocenters. The van der Waals surface area contributed by atoms with E-state index in [4.69, 9.17) is 5.11 Å². The fourth-order valence-electron chi connectivity index (χ4n) is 2.95. The zero-order chi connectivity index (χ0) is 14.3. The molecule has 1 saturated heterocycles. The molecule has 0 bridgehead atoms. The van der Waals surface area contributed by atoms with Gasteiger partial charge in [-0.05, 0) is 18.1 Å². The van der Waals surface area contributed by atoms with Crippen molar-refractivity contribution in [1.82, 2.24) is 4.90 Å². The molecule has 106 valence electrons. The number of hydrogen-bond acceptors (Lipinski definition) is 3. The Morgan fingerprint density at radius 3 is 2.75 bits per heavy atom. The van der Waals surface area contributed by atoms with Crippen LogP contribution in [-0.2, 0) is 11.2 Å². The van der Waals surface area contributed by atoms with Crippen LogP contribution in [0.4, 0.5) is 10.5 Å². The molecule has 2 N–H and O–H groups in total. The third-order valence-electron chi connectivity index (χ3n) is 3.93. The van der Waals surface area contributed by atoms with Gasteiger partial charge in [-0.25, -0.2) is 9.59 Å². The summed E-state index contributed by atoms with van der Waals surface area (Å²) in [5, 5.41) is 18.8. The predicted octanol–water partition coefficient (Wildman–Crippen LogP) is 0.689. The molecule has 20 heavy (non-hydrogen) atoms. The first-order valence-electron chi connectivity index (χ1n) is 6.65. The Bertz CT molecular complexity index is 560. The van der Waals surface area contributed by atoms with E-state index in [1.807, 2.05) is 24.3 Å². The van der Waals surface area contributed by atoms with Crippen LogP contribution in [0.25, 0.3) is 0 Å². The van der Waals surface area contributed by atoms with Gasteiger partial charge in [0, 0.05) is 25.2 Å². The van der Waals surface area contributed by atoms with Crippen LogP contribution in [0, 0.1) is 0 Å². The van der Waals surface area contributed by atoms with Gasteiger partial charge in [0.05, 0.1) is 6.10 Å². The lowest BCUT2D eigenvalue weighted by molar-refractivity contribution is -0.141. The normalized spacial score (nSPS) is 24.9. The highest BCUT2D eigenvalue weighted by Crippen LogP contribution is 2.30. The number of hydrogen-bond donors (Lipinski definition) is 2. The number of carbonyl (C=O) groups is 2. The number of rotatable bonds is 1. The molecule has 6 heteroatoms. The van der Waals surface area contributed by atoms with Gasteiger partial charge < -0.3 is 15.1 Å². The largest absolute Gasteiger partial charge is 0.480 e. The summed E-state index contributed by atoms with van der Waals surface area (Å²) in [6.45, 7) is 0.631. The van der Waals surface area contributed by atoms with Crippen molar-refractivity contribution in [2.75, 3.05) is 18.0 Å². The Hall–Kier alpha value is -2.08. The van der Waals surface area contributed by atoms with Gasteiger partial charge in [0.2, 0.25) is 0 Å². The highest BCUT2D eigenvalue weighted by molar-refractivity contribution is 5.96. The number of benzene rings is 1. The highest BCUT2D eigenvalue weighted by atomic mass is 16.4. The molecule has 0 radical (unpaired) electrons. The summed E-state index contributed by atoms with van der Waals surface area (Å²) >= 11 is 0. The van der Waals surface area contributed by atoms with Crippen molar-refractivity contribution in [3.8, 4) is 0 Å². The minimum atomic E-state index is -1.07. The number of nitrogens with zero attached hydrogens (tertiary/aromatic N) is 2. The van der Waals surface area contributed by atoms with Crippen molar-refractivity contribution >= 4 is 17.7 Å². The number of carboxylic acid groups (broad SMARTS) is 1. The first-order valence-corrected chi connectivity index (χ1v) is 6.65. The number of carbonyl (C=O) groups excluding carboxylic acids is 1. The number of likely N-dealkylation sites (tertiary alicyclic amines) is 1. The van der Waals surface area contributed by atoms with Gasteiger partial charge >= 0.3 is 12.0 Å². The van der Waals surface area contributed by atoms with E-state index in [2.05, 4.69) is 0 Å². The summed E-state index contributed by atoms with van der Waals surface area (Å²) in [7, 11) is 0. The van der Waals surface area contributed by atoms with Crippen molar-refractivity contribution in [2.45, 2.75) is 25.0 Å². The number of amides is 2. The third-order valence-corrected chi connectivity index (χ3v) is 3.93. The molecule has 2 amide bonds. The Kier molecular flexibility index (Phi) is 3.10. The number of fused-ring (bicyclic) bond motifs is 1. The van der Waals surface area contributed by atoms with Gasteiger partial charge in [-0.2, -0.15) is 0 Å². The monoisotopic (exact) mass is 276 g/mol. The SMILES string of the molecule is O=C(O)[C@@H]1CC(O)CN1C(=O)N1CCc2ccccc21. The van der Waals surface area contributed by atoms with Crippen molar-refractivity contribution in [3.05, 3.63) is 29.8 Å². The van der Waals surface area contributed by atoms with E-state index >= 15 is 0 Å². The fourth-order valence-corrected chi connectivity index (χ4v) is 2.95. The Morgan fingerprint density at radius 2 is 2.00 bits per heavy atom. The number of aliphatic hydroxyl groups excluding tert-OH is 1. The van der Waals surface area contributed by atoms with Crippen LogP contribution in [0.1, 0.15) is 12.0 Å². The molecule has 0 saturated carbocycles. The smallest absolute Gasteiger partial charge is 0.326 e. The van der Waals surface area contributed by atoms with E-state index in [0.717, 1.165) is 17.7 Å². The summed E-state index contributed by atoms with van der Waals surface area (Å²) in [6.07, 6.45) is 0.102. The number of anilines is 1. The number of β-amino-alcohol motifs (C(OH)–C–C–N with tert-alkyl or cyclic N) is 1. The van der Waals surface area contributed by atoms with Crippen LogP contribution in [0.15, 0.2) is 24.3 Å². The van der Waals surface area contributed by atoms with Crippen LogP contribution in [0.3, 0.4) is 0 Å². The Labute approximate surface area is 116 Å². The minimum Gasteiger partial charge on any atom is -0.480 e. The number of aliphatic carboxylic acids is 1. The van der Waals surface area contributed by atoms with Gasteiger partial charge in [0.15, 0.2) is 0 Å². The molecule has 1 aromatic carbocycles. The molecule has 0 spiro atoms.